The van der Waals surface area contributed by atoms with Gasteiger partial charge >= 0.3 is 6.30 Å². The summed E-state index contributed by atoms with van der Waals surface area (Å²) in [6.45, 7) is 2.16. The van der Waals surface area contributed by atoms with Gasteiger partial charge in [0, 0.05) is 58.6 Å². The second kappa shape index (κ2) is 9.18. The van der Waals surface area contributed by atoms with E-state index in [1.54, 1.807) is 17.6 Å². The van der Waals surface area contributed by atoms with Crippen molar-refractivity contribution in [3.05, 3.63) is 74.6 Å². The lowest BCUT2D eigenvalue weighted by molar-refractivity contribution is -0.212. The molecule has 2 aromatic heterocycles. The zero-order chi connectivity index (χ0) is 26.8. The zero-order valence-corrected chi connectivity index (χ0v) is 22.4. The first-order chi connectivity index (χ1) is 18.0. The van der Waals surface area contributed by atoms with Gasteiger partial charge in [-0.2, -0.15) is 9.78 Å². The van der Waals surface area contributed by atoms with E-state index in [4.69, 9.17) is 16.6 Å². The maximum absolute atomic E-state index is 13.5. The van der Waals surface area contributed by atoms with Crippen molar-refractivity contribution in [3.63, 3.8) is 0 Å². The van der Waals surface area contributed by atoms with Crippen LogP contribution in [0.5, 0.6) is 0 Å². The first kappa shape index (κ1) is 25.5. The molecule has 1 aliphatic carbocycles. The number of nitrogens with zero attached hydrogens (tertiary/aromatic N) is 5. The number of fused-ring (bicyclic) bond motifs is 1. The normalized spacial score (nSPS) is 22.1. The van der Waals surface area contributed by atoms with Crippen LogP contribution in [0.1, 0.15) is 47.0 Å². The molecule has 2 aliphatic heterocycles. The highest BCUT2D eigenvalue weighted by Crippen LogP contribution is 2.47. The van der Waals surface area contributed by atoms with Gasteiger partial charge in [0.1, 0.15) is 6.04 Å². The fraction of sp³-hybridized carbons (Fsp3) is 0.375. The number of amidine groups is 1. The molecular weight excluding hydrogens is 561 g/mol. The van der Waals surface area contributed by atoms with E-state index < -0.39 is 33.7 Å². The standard InChI is InChI=1S/C24H22ClF3N6O2S2/c1-13-2-5-17(18(25)8-13)21-20(14-10-30-34(11-14)24(26,27)28)19-9-15(32-38(35,36)16-3-4-16)12-33(19)22(31-21)23-29-6-7-37-23/h2,5-8,10-11,15-16,21,32H,3-4,9,12H2,1H3/t15-,21-/m0/s1. The summed E-state index contributed by atoms with van der Waals surface area (Å²) in [5, 5.41) is 6.01. The van der Waals surface area contributed by atoms with Crippen LogP contribution < -0.4 is 4.72 Å². The van der Waals surface area contributed by atoms with Gasteiger partial charge in [0.05, 0.1) is 11.4 Å². The lowest BCUT2D eigenvalue weighted by Gasteiger charge is -2.32. The van der Waals surface area contributed by atoms with Crippen molar-refractivity contribution >= 4 is 44.4 Å². The first-order valence-electron chi connectivity index (χ1n) is 11.9. The van der Waals surface area contributed by atoms with Crippen LogP contribution in [0.4, 0.5) is 13.2 Å². The minimum absolute atomic E-state index is 0.0453. The van der Waals surface area contributed by atoms with E-state index in [0.717, 1.165) is 18.0 Å². The quantitative estimate of drug-likeness (QED) is 0.449. The Balaban J connectivity index is 1.52. The molecule has 14 heteroatoms. The van der Waals surface area contributed by atoms with E-state index in [2.05, 4.69) is 14.8 Å². The number of hydrogen-bond acceptors (Lipinski definition) is 7. The monoisotopic (exact) mass is 582 g/mol. The number of aromatic nitrogens is 3. The van der Waals surface area contributed by atoms with E-state index in [1.165, 1.54) is 11.3 Å². The van der Waals surface area contributed by atoms with Crippen molar-refractivity contribution in [2.45, 2.75) is 49.8 Å². The van der Waals surface area contributed by atoms with Crippen LogP contribution in [0.15, 0.2) is 52.9 Å². The van der Waals surface area contributed by atoms with Crippen molar-refractivity contribution in [1.82, 2.24) is 24.4 Å². The first-order valence-corrected chi connectivity index (χ1v) is 14.7. The maximum atomic E-state index is 13.5. The largest absolute Gasteiger partial charge is 0.504 e. The Kier molecular flexibility index (Phi) is 6.17. The van der Waals surface area contributed by atoms with Crippen LogP contribution in [0.2, 0.25) is 5.02 Å². The van der Waals surface area contributed by atoms with Gasteiger partial charge in [0.2, 0.25) is 10.0 Å². The van der Waals surface area contributed by atoms with Gasteiger partial charge < -0.3 is 4.90 Å². The van der Waals surface area contributed by atoms with Crippen molar-refractivity contribution in [3.8, 4) is 0 Å². The Hall–Kier alpha value is -2.74. The molecule has 2 fully saturated rings. The fourth-order valence-corrected chi connectivity index (χ4v) is 7.47. The highest BCUT2D eigenvalue weighted by molar-refractivity contribution is 7.90. The number of benzene rings is 1. The lowest BCUT2D eigenvalue weighted by Crippen LogP contribution is -2.40. The maximum Gasteiger partial charge on any atom is 0.504 e. The summed E-state index contributed by atoms with van der Waals surface area (Å²) in [4.78, 5) is 11.3. The number of aliphatic imine (C=N–C) groups is 1. The minimum atomic E-state index is -4.69. The summed E-state index contributed by atoms with van der Waals surface area (Å²) >= 11 is 8.03. The highest BCUT2D eigenvalue weighted by atomic mass is 35.5. The third-order valence-corrected chi connectivity index (χ3v) is 9.89. The minimum Gasteiger partial charge on any atom is -0.326 e. The summed E-state index contributed by atoms with van der Waals surface area (Å²) in [6, 6.07) is 4.23. The summed E-state index contributed by atoms with van der Waals surface area (Å²) in [7, 11) is -3.50. The van der Waals surface area contributed by atoms with Gasteiger partial charge in [-0.1, -0.05) is 23.7 Å². The van der Waals surface area contributed by atoms with Crippen LogP contribution >= 0.6 is 22.9 Å². The second-order valence-electron chi connectivity index (χ2n) is 9.59. The number of hydrogen-bond donors (Lipinski definition) is 1. The number of nitrogens with one attached hydrogen (secondary N) is 1. The Bertz CT molecular complexity index is 1560. The van der Waals surface area contributed by atoms with Crippen LogP contribution in [0.3, 0.4) is 0 Å². The van der Waals surface area contributed by atoms with E-state index in [-0.39, 0.29) is 23.2 Å². The molecule has 1 saturated carbocycles. The molecule has 4 heterocycles. The Morgan fingerprint density at radius 1 is 1.24 bits per heavy atom. The lowest BCUT2D eigenvalue weighted by atomic mass is 9.90. The smallest absolute Gasteiger partial charge is 0.326 e. The molecule has 6 rings (SSSR count). The van der Waals surface area contributed by atoms with Gasteiger partial charge in [0.25, 0.3) is 0 Å². The number of alkyl halides is 3. The fourth-order valence-electron chi connectivity index (χ4n) is 4.92. The number of thiazole rings is 1. The predicted octanol–water partition coefficient (Wildman–Crippen LogP) is 4.85. The molecule has 1 aromatic carbocycles. The SMILES string of the molecule is Cc1ccc([C@@H]2N=C(c3nccs3)N3C[C@@H](NS(=O)(=O)C4CC4)CC3=C2c2cnn(C(F)(F)F)c2)c(Cl)c1. The van der Waals surface area contributed by atoms with E-state index in [9.17, 15) is 21.6 Å². The van der Waals surface area contributed by atoms with E-state index in [0.29, 0.717) is 45.5 Å². The van der Waals surface area contributed by atoms with Gasteiger partial charge in [0.15, 0.2) is 10.8 Å². The van der Waals surface area contributed by atoms with E-state index in [1.807, 2.05) is 24.0 Å². The van der Waals surface area contributed by atoms with Crippen molar-refractivity contribution in [1.29, 1.82) is 0 Å². The predicted molar refractivity (Wildman–Crippen MR) is 138 cm³/mol. The highest BCUT2D eigenvalue weighted by Gasteiger charge is 2.44. The van der Waals surface area contributed by atoms with Gasteiger partial charge in [-0.3, -0.25) is 4.99 Å². The second-order valence-corrected chi connectivity index (χ2v) is 12.9. The number of halogens is 4. The van der Waals surface area contributed by atoms with Gasteiger partial charge in [-0.05, 0) is 37.0 Å². The Morgan fingerprint density at radius 2 is 2.03 bits per heavy atom. The molecule has 1 N–H and O–H groups in total. The van der Waals surface area contributed by atoms with Crippen molar-refractivity contribution < 1.29 is 21.6 Å². The molecule has 3 aromatic rings. The number of aryl methyl sites for hydroxylation is 1. The molecular formula is C24H22ClF3N6O2S2. The van der Waals surface area contributed by atoms with Crippen molar-refractivity contribution in [2.24, 2.45) is 4.99 Å². The molecule has 1 saturated heterocycles. The number of rotatable bonds is 6. The summed E-state index contributed by atoms with van der Waals surface area (Å²) in [5.41, 5.74) is 2.94. The molecule has 0 spiro atoms. The van der Waals surface area contributed by atoms with Gasteiger partial charge in [-0.15, -0.1) is 24.5 Å². The van der Waals surface area contributed by atoms with Crippen molar-refractivity contribution in [2.75, 3.05) is 6.54 Å². The number of sulfonamides is 1. The third kappa shape index (κ3) is 4.65. The average Bonchev–Trinajstić information content (AvgIpc) is 3.20. The molecule has 0 bridgehead atoms. The molecule has 8 nitrogen and oxygen atoms in total. The van der Waals surface area contributed by atoms with Gasteiger partial charge in [-0.25, -0.2) is 18.1 Å². The molecule has 3 aliphatic rings. The average molecular weight is 583 g/mol. The molecule has 200 valence electrons. The topological polar surface area (TPSA) is 92.5 Å². The van der Waals surface area contributed by atoms with Crippen LogP contribution in [-0.4, -0.2) is 51.8 Å². The van der Waals surface area contributed by atoms with Crippen LogP contribution in [0.25, 0.3) is 5.57 Å². The summed E-state index contributed by atoms with van der Waals surface area (Å²) in [6.07, 6.45) is 0.555. The Labute approximate surface area is 225 Å². The zero-order valence-electron chi connectivity index (χ0n) is 20.0. The molecule has 0 amide bonds. The summed E-state index contributed by atoms with van der Waals surface area (Å²) < 4.78 is 68.7. The molecule has 0 unspecified atom stereocenters. The van der Waals surface area contributed by atoms with Crippen LogP contribution in [-0.2, 0) is 16.3 Å². The molecule has 38 heavy (non-hydrogen) atoms. The molecule has 0 radical (unpaired) electrons. The van der Waals surface area contributed by atoms with E-state index >= 15 is 0 Å². The summed E-state index contributed by atoms with van der Waals surface area (Å²) in [5.74, 6) is 0.525. The van der Waals surface area contributed by atoms with Crippen LogP contribution in [0, 0.1) is 6.92 Å². The molecule has 2 atom stereocenters. The third-order valence-electron chi connectivity index (χ3n) is 6.78. The Morgan fingerprint density at radius 3 is 2.66 bits per heavy atom.